The second-order valence-electron chi connectivity index (χ2n) is 3.78. The third kappa shape index (κ3) is 3.06. The van der Waals surface area contributed by atoms with E-state index in [-0.39, 0.29) is 17.0 Å². The third-order valence-corrected chi connectivity index (χ3v) is 3.50. The van der Waals surface area contributed by atoms with Gasteiger partial charge in [0.15, 0.2) is 5.17 Å². The van der Waals surface area contributed by atoms with Gasteiger partial charge in [0, 0.05) is 6.54 Å². The summed E-state index contributed by atoms with van der Waals surface area (Å²) in [6.07, 6.45) is 0.543. The summed E-state index contributed by atoms with van der Waals surface area (Å²) in [6.45, 7) is 2.32. The number of thioether (sulfide) groups is 1. The summed E-state index contributed by atoms with van der Waals surface area (Å²) in [4.78, 5) is 15.4. The Balaban J connectivity index is 1.90. The summed E-state index contributed by atoms with van der Waals surface area (Å²) in [6, 6.07) is 6.66. The first-order valence-electron chi connectivity index (χ1n) is 5.42. The lowest BCUT2D eigenvalue weighted by atomic mass is 10.1. The van der Waals surface area contributed by atoms with Gasteiger partial charge in [-0.2, -0.15) is 0 Å². The Hall–Kier alpha value is -1.36. The Morgan fingerprint density at radius 2 is 2.24 bits per heavy atom. The van der Waals surface area contributed by atoms with Gasteiger partial charge >= 0.3 is 0 Å². The van der Waals surface area contributed by atoms with E-state index in [4.69, 9.17) is 0 Å². The maximum Gasteiger partial charge on any atom is 0.239 e. The molecule has 0 radical (unpaired) electrons. The Morgan fingerprint density at radius 1 is 1.47 bits per heavy atom. The fourth-order valence-electron chi connectivity index (χ4n) is 1.51. The smallest absolute Gasteiger partial charge is 0.239 e. The van der Waals surface area contributed by atoms with E-state index in [1.165, 1.54) is 17.8 Å². The molecule has 1 aromatic carbocycles. The van der Waals surface area contributed by atoms with Gasteiger partial charge in [0.05, 0.1) is 5.25 Å². The van der Waals surface area contributed by atoms with Crippen LogP contribution in [0.5, 0.6) is 0 Å². The number of aliphatic imine (C=N–C) groups is 1. The Morgan fingerprint density at radius 3 is 2.88 bits per heavy atom. The van der Waals surface area contributed by atoms with Crippen molar-refractivity contribution in [1.29, 1.82) is 0 Å². The molecule has 1 aliphatic rings. The van der Waals surface area contributed by atoms with Gasteiger partial charge in [-0.25, -0.2) is 4.39 Å². The van der Waals surface area contributed by atoms with Gasteiger partial charge in [-0.05, 0) is 25.0 Å². The number of carbonyl (C=O) groups is 1. The van der Waals surface area contributed by atoms with Gasteiger partial charge in [-0.3, -0.25) is 9.79 Å². The second kappa shape index (κ2) is 5.31. The zero-order valence-electron chi connectivity index (χ0n) is 9.44. The molecule has 1 heterocycles. The molecule has 0 spiro atoms. The molecule has 0 aromatic heterocycles. The minimum Gasteiger partial charge on any atom is -0.304 e. The number of rotatable bonds is 3. The van der Waals surface area contributed by atoms with Crippen molar-refractivity contribution < 1.29 is 9.18 Å². The monoisotopic (exact) mass is 252 g/mol. The standard InChI is InChI=1S/C12H13FN2OS/c1-8-11(16)15-12(17-8)14-7-6-9-4-2-3-5-10(9)13/h2-5,8H,6-7H2,1H3,(H,14,15,16). The predicted molar refractivity (Wildman–Crippen MR) is 67.6 cm³/mol. The average Bonchev–Trinajstić information content (AvgIpc) is 2.61. The highest BCUT2D eigenvalue weighted by molar-refractivity contribution is 8.15. The molecule has 1 fully saturated rings. The summed E-state index contributed by atoms with van der Waals surface area (Å²) in [5.74, 6) is -0.219. The molecule has 1 unspecified atom stereocenters. The lowest BCUT2D eigenvalue weighted by Gasteiger charge is -2.00. The van der Waals surface area contributed by atoms with Crippen molar-refractivity contribution >= 4 is 22.8 Å². The van der Waals surface area contributed by atoms with Gasteiger partial charge < -0.3 is 5.32 Å². The zero-order valence-corrected chi connectivity index (χ0v) is 10.3. The molecule has 0 bridgehead atoms. The summed E-state index contributed by atoms with van der Waals surface area (Å²) in [5, 5.41) is 3.24. The molecule has 1 atom stereocenters. The van der Waals surface area contributed by atoms with Crippen LogP contribution in [0.4, 0.5) is 4.39 Å². The highest BCUT2D eigenvalue weighted by Gasteiger charge is 2.25. The molecule has 1 aliphatic heterocycles. The Bertz CT molecular complexity index is 462. The van der Waals surface area contributed by atoms with Crippen LogP contribution in [-0.2, 0) is 11.2 Å². The molecule has 17 heavy (non-hydrogen) atoms. The number of hydrogen-bond acceptors (Lipinski definition) is 3. The quantitative estimate of drug-likeness (QED) is 0.893. The third-order valence-electron chi connectivity index (χ3n) is 2.48. The average molecular weight is 252 g/mol. The lowest BCUT2D eigenvalue weighted by molar-refractivity contribution is -0.118. The molecule has 90 valence electrons. The van der Waals surface area contributed by atoms with Crippen LogP contribution < -0.4 is 5.32 Å². The van der Waals surface area contributed by atoms with Crippen LogP contribution in [0.3, 0.4) is 0 Å². The molecule has 1 N–H and O–H groups in total. The number of nitrogens with one attached hydrogen (secondary N) is 1. The van der Waals surface area contributed by atoms with Gasteiger partial charge in [-0.1, -0.05) is 30.0 Å². The molecule has 1 saturated heterocycles. The van der Waals surface area contributed by atoms with Gasteiger partial charge in [0.1, 0.15) is 5.82 Å². The molecular formula is C12H13FN2OS. The van der Waals surface area contributed by atoms with Crippen molar-refractivity contribution in [2.24, 2.45) is 4.99 Å². The fraction of sp³-hybridized carbons (Fsp3) is 0.333. The summed E-state index contributed by atoms with van der Waals surface area (Å²) < 4.78 is 13.3. The molecule has 0 aliphatic carbocycles. The topological polar surface area (TPSA) is 41.5 Å². The SMILES string of the molecule is CC1SC(=NCCc2ccccc2F)NC1=O. The van der Waals surface area contributed by atoms with E-state index in [2.05, 4.69) is 10.3 Å². The van der Waals surface area contributed by atoms with E-state index in [0.29, 0.717) is 23.7 Å². The number of nitrogens with zero attached hydrogens (tertiary/aromatic N) is 1. The highest BCUT2D eigenvalue weighted by atomic mass is 32.2. The van der Waals surface area contributed by atoms with E-state index >= 15 is 0 Å². The molecule has 1 amide bonds. The van der Waals surface area contributed by atoms with Crippen molar-refractivity contribution in [2.75, 3.05) is 6.54 Å². The maximum atomic E-state index is 13.3. The highest BCUT2D eigenvalue weighted by Crippen LogP contribution is 2.18. The van der Waals surface area contributed by atoms with Crippen LogP contribution in [-0.4, -0.2) is 22.9 Å². The number of halogens is 1. The number of carbonyl (C=O) groups excluding carboxylic acids is 1. The van der Waals surface area contributed by atoms with Gasteiger partial charge in [0.2, 0.25) is 5.91 Å². The van der Waals surface area contributed by atoms with Crippen molar-refractivity contribution in [3.8, 4) is 0 Å². The number of hydrogen-bond donors (Lipinski definition) is 1. The van der Waals surface area contributed by atoms with Crippen LogP contribution in [0.25, 0.3) is 0 Å². The molecule has 1 aromatic rings. The Kier molecular flexibility index (Phi) is 3.78. The van der Waals surface area contributed by atoms with Crippen molar-refractivity contribution in [2.45, 2.75) is 18.6 Å². The Labute approximate surface area is 104 Å². The fourth-order valence-corrected chi connectivity index (χ4v) is 2.34. The number of amides is 1. The van der Waals surface area contributed by atoms with E-state index in [9.17, 15) is 9.18 Å². The minimum atomic E-state index is -0.204. The number of amidine groups is 1. The largest absolute Gasteiger partial charge is 0.304 e. The predicted octanol–water partition coefficient (Wildman–Crippen LogP) is 1.98. The van der Waals surface area contributed by atoms with E-state index in [1.54, 1.807) is 18.2 Å². The minimum absolute atomic E-state index is 0.0142. The second-order valence-corrected chi connectivity index (χ2v) is 5.11. The van der Waals surface area contributed by atoms with E-state index in [1.807, 2.05) is 6.92 Å². The molecule has 5 heteroatoms. The van der Waals surface area contributed by atoms with Gasteiger partial charge in [-0.15, -0.1) is 0 Å². The maximum absolute atomic E-state index is 13.3. The summed E-state index contributed by atoms with van der Waals surface area (Å²) in [7, 11) is 0. The van der Waals surface area contributed by atoms with Crippen LogP contribution in [0.1, 0.15) is 12.5 Å². The molecule has 0 saturated carbocycles. The van der Waals surface area contributed by atoms with Crippen molar-refractivity contribution in [1.82, 2.24) is 5.32 Å². The van der Waals surface area contributed by atoms with E-state index in [0.717, 1.165) is 0 Å². The first-order valence-corrected chi connectivity index (χ1v) is 6.30. The summed E-state index contributed by atoms with van der Waals surface area (Å²) in [5.41, 5.74) is 0.652. The zero-order chi connectivity index (χ0) is 12.3. The molecule has 3 nitrogen and oxygen atoms in total. The van der Waals surface area contributed by atoms with Crippen molar-refractivity contribution in [3.63, 3.8) is 0 Å². The number of benzene rings is 1. The lowest BCUT2D eigenvalue weighted by Crippen LogP contribution is -2.23. The molecule has 2 rings (SSSR count). The summed E-state index contributed by atoms with van der Waals surface area (Å²) >= 11 is 1.41. The van der Waals surface area contributed by atoms with Crippen molar-refractivity contribution in [3.05, 3.63) is 35.6 Å². The van der Waals surface area contributed by atoms with Crippen LogP contribution in [0.15, 0.2) is 29.3 Å². The normalized spacial score (nSPS) is 21.9. The van der Waals surface area contributed by atoms with Crippen LogP contribution in [0.2, 0.25) is 0 Å². The van der Waals surface area contributed by atoms with Crippen LogP contribution >= 0.6 is 11.8 Å². The van der Waals surface area contributed by atoms with Gasteiger partial charge in [0.25, 0.3) is 0 Å². The van der Waals surface area contributed by atoms with Crippen LogP contribution in [0, 0.1) is 5.82 Å². The first-order chi connectivity index (χ1) is 8.16. The first kappa shape index (κ1) is 12.1. The molecular weight excluding hydrogens is 239 g/mol. The van der Waals surface area contributed by atoms with E-state index < -0.39 is 0 Å².